The number of anilines is 1. The van der Waals surface area contributed by atoms with E-state index in [1.807, 2.05) is 12.1 Å². The monoisotopic (exact) mass is 436 g/mol. The molecule has 0 amide bonds. The molecule has 3 heterocycles. The number of nitrogens with zero attached hydrogens (tertiary/aromatic N) is 3. The highest BCUT2D eigenvalue weighted by atomic mass is 32.2. The molecule has 0 saturated heterocycles. The van der Waals surface area contributed by atoms with Crippen molar-refractivity contribution in [3.8, 4) is 0 Å². The van der Waals surface area contributed by atoms with Gasteiger partial charge in [0.2, 0.25) is 16.0 Å². The Hall–Kier alpha value is -2.97. The van der Waals surface area contributed by atoms with Crippen LogP contribution >= 0.6 is 0 Å². The summed E-state index contributed by atoms with van der Waals surface area (Å²) in [6.07, 6.45) is 1.68. The van der Waals surface area contributed by atoms with E-state index in [1.165, 1.54) is 15.4 Å². The zero-order valence-electron chi connectivity index (χ0n) is 17.1. The molecule has 160 valence electrons. The zero-order chi connectivity index (χ0) is 21.4. The first-order chi connectivity index (χ1) is 15.0. The number of H-pyrrole nitrogens is 1. The highest BCUT2D eigenvalue weighted by molar-refractivity contribution is 7.89. The average Bonchev–Trinajstić information content (AvgIpc) is 3.03. The molecular formula is C23H24N4O3S. The number of sulfonamides is 1. The first-order valence-corrected chi connectivity index (χ1v) is 12.0. The van der Waals surface area contributed by atoms with Crippen LogP contribution in [0.1, 0.15) is 22.4 Å². The van der Waals surface area contributed by atoms with E-state index in [0.717, 1.165) is 13.0 Å². The van der Waals surface area contributed by atoms with Crippen LogP contribution in [0.4, 0.5) is 5.95 Å². The molecule has 0 spiro atoms. The van der Waals surface area contributed by atoms with Crippen molar-refractivity contribution in [2.75, 3.05) is 24.5 Å². The Kier molecular flexibility index (Phi) is 5.11. The average molecular weight is 437 g/mol. The normalized spacial score (nSPS) is 17.0. The lowest BCUT2D eigenvalue weighted by molar-refractivity contribution is 0.426. The summed E-state index contributed by atoms with van der Waals surface area (Å²) in [5.74, 6) is 0.567. The van der Waals surface area contributed by atoms with Gasteiger partial charge in [0.05, 0.1) is 10.6 Å². The molecule has 0 fully saturated rings. The molecule has 2 aliphatic rings. The second-order valence-electron chi connectivity index (χ2n) is 7.97. The summed E-state index contributed by atoms with van der Waals surface area (Å²) in [5, 5.41) is 0. The maximum absolute atomic E-state index is 13.0. The summed E-state index contributed by atoms with van der Waals surface area (Å²) in [6, 6.07) is 16.8. The van der Waals surface area contributed by atoms with Gasteiger partial charge in [-0.15, -0.1) is 0 Å². The van der Waals surface area contributed by atoms with Gasteiger partial charge in [-0.25, -0.2) is 13.4 Å². The lowest BCUT2D eigenvalue weighted by Crippen LogP contribution is -2.34. The van der Waals surface area contributed by atoms with Crippen LogP contribution in [0.2, 0.25) is 0 Å². The Morgan fingerprint density at radius 2 is 1.55 bits per heavy atom. The predicted molar refractivity (Wildman–Crippen MR) is 119 cm³/mol. The summed E-state index contributed by atoms with van der Waals surface area (Å²) < 4.78 is 27.5. The van der Waals surface area contributed by atoms with E-state index in [2.05, 4.69) is 22.0 Å². The van der Waals surface area contributed by atoms with Gasteiger partial charge in [0, 0.05) is 38.2 Å². The van der Waals surface area contributed by atoms with Crippen molar-refractivity contribution in [3.63, 3.8) is 0 Å². The number of fused-ring (bicyclic) bond motifs is 2. The standard InChI is InChI=1S/C23H24N4O3S/c28-22-20-11-14-27(31(29,30)19-8-2-1-3-9-19)15-12-21(20)24-23(25-22)26-13-10-17-6-4-5-7-18(17)16-26/h1-9H,10-16H2,(H,24,25,28). The van der Waals surface area contributed by atoms with E-state index in [1.54, 1.807) is 30.3 Å². The number of aromatic amines is 1. The van der Waals surface area contributed by atoms with Crippen LogP contribution in [-0.4, -0.2) is 42.3 Å². The molecule has 0 saturated carbocycles. The molecular weight excluding hydrogens is 412 g/mol. The molecule has 1 N–H and O–H groups in total. The third-order valence-electron chi connectivity index (χ3n) is 6.11. The summed E-state index contributed by atoms with van der Waals surface area (Å²) in [5.41, 5.74) is 3.69. The molecule has 0 bridgehead atoms. The van der Waals surface area contributed by atoms with Crippen LogP contribution in [0, 0.1) is 0 Å². The van der Waals surface area contributed by atoms with Crippen molar-refractivity contribution in [1.29, 1.82) is 0 Å². The smallest absolute Gasteiger partial charge is 0.255 e. The van der Waals surface area contributed by atoms with E-state index in [-0.39, 0.29) is 17.0 Å². The van der Waals surface area contributed by atoms with E-state index in [9.17, 15) is 13.2 Å². The van der Waals surface area contributed by atoms with Gasteiger partial charge in [-0.3, -0.25) is 9.78 Å². The van der Waals surface area contributed by atoms with E-state index in [4.69, 9.17) is 4.98 Å². The first kappa shape index (κ1) is 20.0. The molecule has 8 heteroatoms. The van der Waals surface area contributed by atoms with Crippen LogP contribution in [0.15, 0.2) is 64.3 Å². The van der Waals surface area contributed by atoms with Gasteiger partial charge in [0.1, 0.15) is 0 Å². The fourth-order valence-electron chi connectivity index (χ4n) is 4.38. The van der Waals surface area contributed by atoms with Crippen molar-refractivity contribution in [1.82, 2.24) is 14.3 Å². The Labute approximate surface area is 181 Å². The number of hydrogen-bond acceptors (Lipinski definition) is 5. The minimum atomic E-state index is -3.60. The molecule has 1 aromatic heterocycles. The number of aromatic nitrogens is 2. The Morgan fingerprint density at radius 3 is 2.35 bits per heavy atom. The largest absolute Gasteiger partial charge is 0.338 e. The SMILES string of the molecule is O=c1[nH]c(N2CCc3ccccc3C2)nc2c1CCN(S(=O)(=O)c1ccccc1)CC2. The summed E-state index contributed by atoms with van der Waals surface area (Å²) in [6.45, 7) is 2.06. The lowest BCUT2D eigenvalue weighted by atomic mass is 10.0. The van der Waals surface area contributed by atoms with Crippen molar-refractivity contribution in [2.45, 2.75) is 30.7 Å². The van der Waals surface area contributed by atoms with Crippen LogP contribution in [-0.2, 0) is 35.8 Å². The maximum atomic E-state index is 13.0. The van der Waals surface area contributed by atoms with Gasteiger partial charge in [0.25, 0.3) is 5.56 Å². The minimum absolute atomic E-state index is 0.169. The van der Waals surface area contributed by atoms with E-state index < -0.39 is 10.0 Å². The Bertz CT molecular complexity index is 1270. The lowest BCUT2D eigenvalue weighted by Gasteiger charge is -2.29. The molecule has 5 rings (SSSR count). The quantitative estimate of drug-likeness (QED) is 0.680. The molecule has 0 aliphatic carbocycles. The molecule has 0 atom stereocenters. The molecule has 0 unspecified atom stereocenters. The van der Waals surface area contributed by atoms with Crippen LogP contribution < -0.4 is 10.5 Å². The van der Waals surface area contributed by atoms with Crippen LogP contribution in [0.3, 0.4) is 0 Å². The minimum Gasteiger partial charge on any atom is -0.338 e. The third-order valence-corrected chi connectivity index (χ3v) is 8.02. The number of nitrogens with one attached hydrogen (secondary N) is 1. The van der Waals surface area contributed by atoms with Crippen molar-refractivity contribution in [3.05, 3.63) is 87.3 Å². The molecule has 2 aromatic carbocycles. The van der Waals surface area contributed by atoms with Crippen LogP contribution in [0.5, 0.6) is 0 Å². The van der Waals surface area contributed by atoms with Crippen molar-refractivity contribution in [2.24, 2.45) is 0 Å². The maximum Gasteiger partial charge on any atom is 0.255 e. The number of benzene rings is 2. The second-order valence-corrected chi connectivity index (χ2v) is 9.91. The fourth-order valence-corrected chi connectivity index (χ4v) is 5.85. The van der Waals surface area contributed by atoms with Gasteiger partial charge in [-0.1, -0.05) is 42.5 Å². The fraction of sp³-hybridized carbons (Fsp3) is 0.304. The zero-order valence-corrected chi connectivity index (χ0v) is 17.9. The number of hydrogen-bond donors (Lipinski definition) is 1. The topological polar surface area (TPSA) is 86.4 Å². The summed E-state index contributed by atoms with van der Waals surface area (Å²) in [4.78, 5) is 22.9. The van der Waals surface area contributed by atoms with Gasteiger partial charge < -0.3 is 4.90 Å². The summed E-state index contributed by atoms with van der Waals surface area (Å²) in [7, 11) is -3.60. The Morgan fingerprint density at radius 1 is 0.839 bits per heavy atom. The number of rotatable bonds is 3. The van der Waals surface area contributed by atoms with E-state index >= 15 is 0 Å². The molecule has 3 aromatic rings. The summed E-state index contributed by atoms with van der Waals surface area (Å²) >= 11 is 0. The Balaban J connectivity index is 1.40. The molecule has 0 radical (unpaired) electrons. The highest BCUT2D eigenvalue weighted by Gasteiger charge is 2.29. The van der Waals surface area contributed by atoms with Gasteiger partial charge >= 0.3 is 0 Å². The van der Waals surface area contributed by atoms with E-state index in [0.29, 0.717) is 43.1 Å². The highest BCUT2D eigenvalue weighted by Crippen LogP contribution is 2.24. The third kappa shape index (κ3) is 3.77. The first-order valence-electron chi connectivity index (χ1n) is 10.5. The molecule has 31 heavy (non-hydrogen) atoms. The van der Waals surface area contributed by atoms with Crippen LogP contribution in [0.25, 0.3) is 0 Å². The predicted octanol–water partition coefficient (Wildman–Crippen LogP) is 2.12. The second kappa shape index (κ2) is 7.94. The molecule has 7 nitrogen and oxygen atoms in total. The van der Waals surface area contributed by atoms with Crippen molar-refractivity contribution >= 4 is 16.0 Å². The van der Waals surface area contributed by atoms with Gasteiger partial charge in [0.15, 0.2) is 0 Å². The van der Waals surface area contributed by atoms with Crippen molar-refractivity contribution < 1.29 is 8.42 Å². The van der Waals surface area contributed by atoms with Gasteiger partial charge in [-0.05, 0) is 36.1 Å². The molecule has 2 aliphatic heterocycles. The van der Waals surface area contributed by atoms with Gasteiger partial charge in [-0.2, -0.15) is 4.31 Å².